The SMILES string of the molecule is COC1CCCN(C(=O)c2cnc(N)cn2)C1. The van der Waals surface area contributed by atoms with E-state index < -0.39 is 0 Å². The van der Waals surface area contributed by atoms with E-state index in [1.54, 1.807) is 12.0 Å². The van der Waals surface area contributed by atoms with E-state index in [0.29, 0.717) is 18.1 Å². The summed E-state index contributed by atoms with van der Waals surface area (Å²) in [5.41, 5.74) is 5.76. The predicted octanol–water partition coefficient (Wildman–Crippen LogP) is 0.310. The van der Waals surface area contributed by atoms with Gasteiger partial charge in [-0.2, -0.15) is 0 Å². The van der Waals surface area contributed by atoms with Crippen molar-refractivity contribution in [2.75, 3.05) is 25.9 Å². The Balaban J connectivity index is 2.06. The molecule has 92 valence electrons. The third-order valence-electron chi connectivity index (χ3n) is 2.89. The van der Waals surface area contributed by atoms with Crippen LogP contribution in [0.2, 0.25) is 0 Å². The maximum Gasteiger partial charge on any atom is 0.274 e. The second-order valence-electron chi connectivity index (χ2n) is 4.08. The van der Waals surface area contributed by atoms with Crippen LogP contribution in [0.15, 0.2) is 12.4 Å². The van der Waals surface area contributed by atoms with Crippen LogP contribution < -0.4 is 5.73 Å². The smallest absolute Gasteiger partial charge is 0.274 e. The molecule has 0 bridgehead atoms. The highest BCUT2D eigenvalue weighted by molar-refractivity contribution is 5.92. The molecular weight excluding hydrogens is 220 g/mol. The predicted molar refractivity (Wildman–Crippen MR) is 62.4 cm³/mol. The largest absolute Gasteiger partial charge is 0.382 e. The van der Waals surface area contributed by atoms with Gasteiger partial charge in [0, 0.05) is 20.2 Å². The van der Waals surface area contributed by atoms with E-state index in [2.05, 4.69) is 9.97 Å². The first-order valence-corrected chi connectivity index (χ1v) is 5.60. The van der Waals surface area contributed by atoms with Gasteiger partial charge in [0.1, 0.15) is 11.5 Å². The molecule has 2 rings (SSSR count). The number of nitrogen functional groups attached to an aromatic ring is 1. The molecule has 1 unspecified atom stereocenters. The fourth-order valence-electron chi connectivity index (χ4n) is 1.93. The molecule has 1 saturated heterocycles. The van der Waals surface area contributed by atoms with E-state index in [-0.39, 0.29) is 12.0 Å². The van der Waals surface area contributed by atoms with Gasteiger partial charge in [-0.05, 0) is 12.8 Å². The molecule has 17 heavy (non-hydrogen) atoms. The van der Waals surface area contributed by atoms with Crippen molar-refractivity contribution < 1.29 is 9.53 Å². The van der Waals surface area contributed by atoms with Crippen molar-refractivity contribution in [3.8, 4) is 0 Å². The van der Waals surface area contributed by atoms with Gasteiger partial charge in [-0.3, -0.25) is 4.79 Å². The van der Waals surface area contributed by atoms with Gasteiger partial charge in [0.05, 0.1) is 18.5 Å². The number of nitrogens with zero attached hydrogens (tertiary/aromatic N) is 3. The average Bonchev–Trinajstić information content (AvgIpc) is 2.39. The summed E-state index contributed by atoms with van der Waals surface area (Å²) in [7, 11) is 1.67. The molecule has 0 spiro atoms. The second-order valence-corrected chi connectivity index (χ2v) is 4.08. The fraction of sp³-hybridized carbons (Fsp3) is 0.545. The van der Waals surface area contributed by atoms with Crippen LogP contribution >= 0.6 is 0 Å². The number of anilines is 1. The Kier molecular flexibility index (Phi) is 3.53. The van der Waals surface area contributed by atoms with Crippen molar-refractivity contribution in [1.29, 1.82) is 0 Å². The molecule has 0 radical (unpaired) electrons. The lowest BCUT2D eigenvalue weighted by Crippen LogP contribution is -2.43. The number of aromatic nitrogens is 2. The molecule has 1 aromatic heterocycles. The lowest BCUT2D eigenvalue weighted by Gasteiger charge is -2.31. The number of hydrogen-bond donors (Lipinski definition) is 1. The summed E-state index contributed by atoms with van der Waals surface area (Å²) < 4.78 is 5.28. The first kappa shape index (κ1) is 11.8. The van der Waals surface area contributed by atoms with Crippen molar-refractivity contribution in [1.82, 2.24) is 14.9 Å². The van der Waals surface area contributed by atoms with Crippen LogP contribution in [-0.4, -0.2) is 47.1 Å². The quantitative estimate of drug-likeness (QED) is 0.799. The Morgan fingerprint density at radius 2 is 2.35 bits per heavy atom. The van der Waals surface area contributed by atoms with Gasteiger partial charge >= 0.3 is 0 Å². The Morgan fingerprint density at radius 1 is 1.53 bits per heavy atom. The lowest BCUT2D eigenvalue weighted by molar-refractivity contribution is 0.0265. The summed E-state index contributed by atoms with van der Waals surface area (Å²) in [5, 5.41) is 0. The number of carbonyl (C=O) groups excluding carboxylic acids is 1. The molecule has 0 aromatic carbocycles. The number of hydrogen-bond acceptors (Lipinski definition) is 5. The highest BCUT2D eigenvalue weighted by atomic mass is 16.5. The maximum atomic E-state index is 12.1. The third kappa shape index (κ3) is 2.71. The van der Waals surface area contributed by atoms with Crippen molar-refractivity contribution >= 4 is 11.7 Å². The third-order valence-corrected chi connectivity index (χ3v) is 2.89. The van der Waals surface area contributed by atoms with E-state index in [9.17, 15) is 4.79 Å². The maximum absolute atomic E-state index is 12.1. The van der Waals surface area contributed by atoms with E-state index in [4.69, 9.17) is 10.5 Å². The Morgan fingerprint density at radius 3 is 3.00 bits per heavy atom. The van der Waals surface area contributed by atoms with Crippen molar-refractivity contribution in [3.63, 3.8) is 0 Å². The zero-order valence-electron chi connectivity index (χ0n) is 9.80. The summed E-state index contributed by atoms with van der Waals surface area (Å²) in [4.78, 5) is 21.7. The minimum atomic E-state index is -0.112. The number of ether oxygens (including phenoxy) is 1. The second kappa shape index (κ2) is 5.09. The number of methoxy groups -OCH3 is 1. The topological polar surface area (TPSA) is 81.3 Å². The van der Waals surface area contributed by atoms with Crippen LogP contribution in [-0.2, 0) is 4.74 Å². The monoisotopic (exact) mass is 236 g/mol. The van der Waals surface area contributed by atoms with E-state index in [1.165, 1.54) is 12.4 Å². The molecule has 2 heterocycles. The van der Waals surface area contributed by atoms with Crippen molar-refractivity contribution in [2.45, 2.75) is 18.9 Å². The molecule has 1 atom stereocenters. The molecule has 1 amide bonds. The molecule has 1 aromatic rings. The number of amides is 1. The zero-order chi connectivity index (χ0) is 12.3. The Bertz CT molecular complexity index is 393. The number of rotatable bonds is 2. The van der Waals surface area contributed by atoms with E-state index in [0.717, 1.165) is 19.4 Å². The first-order chi connectivity index (χ1) is 8.20. The summed E-state index contributed by atoms with van der Waals surface area (Å²) in [6.45, 7) is 1.35. The molecule has 0 saturated carbocycles. The summed E-state index contributed by atoms with van der Waals surface area (Å²) in [6.07, 6.45) is 4.87. The normalized spacial score (nSPS) is 20.3. The molecule has 1 fully saturated rings. The Hall–Kier alpha value is -1.69. The molecule has 6 heteroatoms. The van der Waals surface area contributed by atoms with Gasteiger partial charge in [0.2, 0.25) is 0 Å². The lowest BCUT2D eigenvalue weighted by atomic mass is 10.1. The van der Waals surface area contributed by atoms with Gasteiger partial charge < -0.3 is 15.4 Å². The minimum absolute atomic E-state index is 0.112. The van der Waals surface area contributed by atoms with Gasteiger partial charge in [0.25, 0.3) is 5.91 Å². The molecule has 1 aliphatic heterocycles. The van der Waals surface area contributed by atoms with Crippen molar-refractivity contribution in [2.24, 2.45) is 0 Å². The van der Waals surface area contributed by atoms with Gasteiger partial charge in [-0.25, -0.2) is 9.97 Å². The van der Waals surface area contributed by atoms with Crippen LogP contribution in [0.3, 0.4) is 0 Å². The molecular formula is C11H16N4O2. The zero-order valence-corrected chi connectivity index (χ0v) is 9.80. The van der Waals surface area contributed by atoms with Gasteiger partial charge in [-0.1, -0.05) is 0 Å². The standard InChI is InChI=1S/C11H16N4O2/c1-17-8-3-2-4-15(7-8)11(16)9-5-14-10(12)6-13-9/h5-6,8H,2-4,7H2,1H3,(H2,12,14). The summed E-state index contributed by atoms with van der Waals surface area (Å²) in [5.74, 6) is 0.203. The highest BCUT2D eigenvalue weighted by Crippen LogP contribution is 2.14. The molecule has 2 N–H and O–H groups in total. The number of nitrogens with two attached hydrogens (primary N) is 1. The van der Waals surface area contributed by atoms with Crippen LogP contribution in [0.4, 0.5) is 5.82 Å². The summed E-state index contributed by atoms with van der Waals surface area (Å²) in [6, 6.07) is 0. The average molecular weight is 236 g/mol. The summed E-state index contributed by atoms with van der Waals surface area (Å²) >= 11 is 0. The van der Waals surface area contributed by atoms with Crippen LogP contribution in [0, 0.1) is 0 Å². The van der Waals surface area contributed by atoms with E-state index >= 15 is 0 Å². The number of carbonyl (C=O) groups is 1. The van der Waals surface area contributed by atoms with E-state index in [1.807, 2.05) is 0 Å². The first-order valence-electron chi connectivity index (χ1n) is 5.60. The van der Waals surface area contributed by atoms with Crippen LogP contribution in [0.25, 0.3) is 0 Å². The molecule has 0 aliphatic carbocycles. The Labute approximate surface area is 99.8 Å². The van der Waals surface area contributed by atoms with Gasteiger partial charge in [0.15, 0.2) is 0 Å². The molecule has 1 aliphatic rings. The van der Waals surface area contributed by atoms with Crippen molar-refractivity contribution in [3.05, 3.63) is 18.1 Å². The number of piperidine rings is 1. The highest BCUT2D eigenvalue weighted by Gasteiger charge is 2.25. The fourth-order valence-corrected chi connectivity index (χ4v) is 1.93. The minimum Gasteiger partial charge on any atom is -0.382 e. The van der Waals surface area contributed by atoms with Crippen LogP contribution in [0.5, 0.6) is 0 Å². The number of likely N-dealkylation sites (tertiary alicyclic amines) is 1. The molecule has 6 nitrogen and oxygen atoms in total. The van der Waals surface area contributed by atoms with Crippen LogP contribution in [0.1, 0.15) is 23.3 Å². The van der Waals surface area contributed by atoms with Gasteiger partial charge in [-0.15, -0.1) is 0 Å².